The molecule has 0 saturated heterocycles. The predicted molar refractivity (Wildman–Crippen MR) is 76.1 cm³/mol. The molecule has 0 aromatic heterocycles. The fourth-order valence-corrected chi connectivity index (χ4v) is 2.86. The van der Waals surface area contributed by atoms with Gasteiger partial charge in [0.05, 0.1) is 0 Å². The fraction of sp³-hybridized carbons (Fsp3) is 0.625. The van der Waals surface area contributed by atoms with E-state index in [2.05, 4.69) is 17.0 Å². The van der Waals surface area contributed by atoms with Crippen molar-refractivity contribution in [1.82, 2.24) is 5.32 Å². The van der Waals surface area contributed by atoms with Crippen LogP contribution >= 0.6 is 0 Å². The van der Waals surface area contributed by atoms with Gasteiger partial charge in [0, 0.05) is 6.04 Å². The maximum atomic E-state index is 12.1. The zero-order valence-electron chi connectivity index (χ0n) is 11.9. The lowest BCUT2D eigenvalue weighted by Crippen LogP contribution is -2.21. The second-order valence-corrected chi connectivity index (χ2v) is 5.56. The standard InChI is InChI=1S/C16H23F2NO/c1-12(19-11-10-13-4-2-3-5-13)14-6-8-15(9-7-14)20-16(17)18/h6-9,12-13,16,19H,2-5,10-11H2,1H3. The van der Waals surface area contributed by atoms with Crippen molar-refractivity contribution < 1.29 is 13.5 Å². The summed E-state index contributed by atoms with van der Waals surface area (Å²) in [6.45, 7) is 0.349. The summed E-state index contributed by atoms with van der Waals surface area (Å²) in [4.78, 5) is 0. The third-order valence-electron chi connectivity index (χ3n) is 4.08. The van der Waals surface area contributed by atoms with E-state index in [1.807, 2.05) is 12.1 Å². The average Bonchev–Trinajstić information content (AvgIpc) is 2.92. The van der Waals surface area contributed by atoms with Crippen molar-refractivity contribution in [3.8, 4) is 5.75 Å². The van der Waals surface area contributed by atoms with E-state index >= 15 is 0 Å². The van der Waals surface area contributed by atoms with Crippen molar-refractivity contribution in [2.45, 2.75) is 51.7 Å². The van der Waals surface area contributed by atoms with Crippen molar-refractivity contribution in [3.63, 3.8) is 0 Å². The minimum Gasteiger partial charge on any atom is -0.435 e. The molecule has 0 radical (unpaired) electrons. The van der Waals surface area contributed by atoms with Gasteiger partial charge in [-0.15, -0.1) is 0 Å². The molecule has 0 bridgehead atoms. The van der Waals surface area contributed by atoms with Crippen LogP contribution in [-0.2, 0) is 0 Å². The number of hydrogen-bond donors (Lipinski definition) is 1. The molecule has 2 rings (SSSR count). The molecule has 1 atom stereocenters. The molecular formula is C16H23F2NO. The SMILES string of the molecule is CC(NCCC1CCCC1)c1ccc(OC(F)F)cc1. The van der Waals surface area contributed by atoms with Crippen LogP contribution in [0, 0.1) is 5.92 Å². The molecule has 1 N–H and O–H groups in total. The van der Waals surface area contributed by atoms with E-state index in [4.69, 9.17) is 0 Å². The molecule has 20 heavy (non-hydrogen) atoms. The first kappa shape index (κ1) is 15.2. The van der Waals surface area contributed by atoms with Crippen LogP contribution in [0.2, 0.25) is 0 Å². The lowest BCUT2D eigenvalue weighted by molar-refractivity contribution is -0.0498. The van der Waals surface area contributed by atoms with Gasteiger partial charge in [0.15, 0.2) is 0 Å². The van der Waals surface area contributed by atoms with Gasteiger partial charge in [0.1, 0.15) is 5.75 Å². The van der Waals surface area contributed by atoms with E-state index in [-0.39, 0.29) is 11.8 Å². The number of benzene rings is 1. The molecule has 2 nitrogen and oxygen atoms in total. The summed E-state index contributed by atoms with van der Waals surface area (Å²) >= 11 is 0. The Balaban J connectivity index is 1.75. The van der Waals surface area contributed by atoms with Crippen LogP contribution in [0.15, 0.2) is 24.3 Å². The van der Waals surface area contributed by atoms with Crippen LogP contribution < -0.4 is 10.1 Å². The average molecular weight is 283 g/mol. The Morgan fingerprint density at radius 1 is 1.20 bits per heavy atom. The molecule has 4 heteroatoms. The predicted octanol–water partition coefficient (Wildman–Crippen LogP) is 4.52. The molecule has 1 unspecified atom stereocenters. The third-order valence-corrected chi connectivity index (χ3v) is 4.08. The van der Waals surface area contributed by atoms with Crippen LogP contribution in [0.1, 0.15) is 50.6 Å². The Bertz CT molecular complexity index is 388. The number of rotatable bonds is 7. The Labute approximate surface area is 119 Å². The Kier molecular flexibility index (Phi) is 5.77. The van der Waals surface area contributed by atoms with Gasteiger partial charge in [0.25, 0.3) is 0 Å². The molecule has 1 aromatic rings. The number of halogens is 2. The molecule has 0 aliphatic heterocycles. The largest absolute Gasteiger partial charge is 0.435 e. The molecule has 1 aliphatic rings. The molecule has 0 amide bonds. The van der Waals surface area contributed by atoms with E-state index in [9.17, 15) is 8.78 Å². The van der Waals surface area contributed by atoms with Gasteiger partial charge in [-0.05, 0) is 43.5 Å². The first-order valence-electron chi connectivity index (χ1n) is 7.43. The summed E-state index contributed by atoms with van der Waals surface area (Å²) in [5.41, 5.74) is 1.10. The molecule has 1 saturated carbocycles. The van der Waals surface area contributed by atoms with Gasteiger partial charge in [-0.2, -0.15) is 8.78 Å². The molecule has 1 aromatic carbocycles. The highest BCUT2D eigenvalue weighted by Gasteiger charge is 2.15. The van der Waals surface area contributed by atoms with Gasteiger partial charge in [0.2, 0.25) is 0 Å². The highest BCUT2D eigenvalue weighted by molar-refractivity contribution is 5.28. The Morgan fingerprint density at radius 3 is 2.45 bits per heavy atom. The maximum absolute atomic E-state index is 12.1. The van der Waals surface area contributed by atoms with Crippen molar-refractivity contribution in [1.29, 1.82) is 0 Å². The first-order valence-corrected chi connectivity index (χ1v) is 7.43. The second kappa shape index (κ2) is 7.58. The second-order valence-electron chi connectivity index (χ2n) is 5.56. The minimum absolute atomic E-state index is 0.210. The maximum Gasteiger partial charge on any atom is 0.387 e. The van der Waals surface area contributed by atoms with E-state index in [0.717, 1.165) is 18.0 Å². The minimum atomic E-state index is -2.76. The van der Waals surface area contributed by atoms with Crippen molar-refractivity contribution >= 4 is 0 Å². The highest BCUT2D eigenvalue weighted by Crippen LogP contribution is 2.27. The number of nitrogens with one attached hydrogen (secondary N) is 1. The first-order chi connectivity index (χ1) is 9.65. The monoisotopic (exact) mass is 283 g/mol. The van der Waals surface area contributed by atoms with Crippen LogP contribution in [0.4, 0.5) is 8.78 Å². The molecule has 112 valence electrons. The number of hydrogen-bond acceptors (Lipinski definition) is 2. The van der Waals surface area contributed by atoms with Crippen molar-refractivity contribution in [2.24, 2.45) is 5.92 Å². The molecule has 0 spiro atoms. The van der Waals surface area contributed by atoms with Crippen LogP contribution in [-0.4, -0.2) is 13.2 Å². The molecule has 1 aliphatic carbocycles. The van der Waals surface area contributed by atoms with Crippen LogP contribution in [0.5, 0.6) is 5.75 Å². The lowest BCUT2D eigenvalue weighted by atomic mass is 10.0. The third kappa shape index (κ3) is 4.75. The molecule has 0 heterocycles. The summed E-state index contributed by atoms with van der Waals surface area (Å²) in [6, 6.07) is 7.10. The summed E-state index contributed by atoms with van der Waals surface area (Å²) in [5.74, 6) is 1.10. The van der Waals surface area contributed by atoms with Crippen molar-refractivity contribution in [2.75, 3.05) is 6.54 Å². The van der Waals surface area contributed by atoms with E-state index in [1.165, 1.54) is 32.1 Å². The van der Waals surface area contributed by atoms with E-state index in [1.54, 1.807) is 12.1 Å². The Morgan fingerprint density at radius 2 is 1.85 bits per heavy atom. The van der Waals surface area contributed by atoms with Crippen LogP contribution in [0.25, 0.3) is 0 Å². The number of alkyl halides is 2. The quantitative estimate of drug-likeness (QED) is 0.794. The molecular weight excluding hydrogens is 260 g/mol. The summed E-state index contributed by atoms with van der Waals surface area (Å²) < 4.78 is 28.5. The van der Waals surface area contributed by atoms with Gasteiger partial charge in [-0.1, -0.05) is 37.8 Å². The van der Waals surface area contributed by atoms with Gasteiger partial charge < -0.3 is 10.1 Å². The zero-order valence-corrected chi connectivity index (χ0v) is 11.9. The highest BCUT2D eigenvalue weighted by atomic mass is 19.3. The summed E-state index contributed by atoms with van der Waals surface area (Å²) in [6.07, 6.45) is 6.74. The van der Waals surface area contributed by atoms with E-state index < -0.39 is 6.61 Å². The summed E-state index contributed by atoms with van der Waals surface area (Å²) in [5, 5.41) is 3.50. The van der Waals surface area contributed by atoms with Crippen molar-refractivity contribution in [3.05, 3.63) is 29.8 Å². The topological polar surface area (TPSA) is 21.3 Å². The zero-order chi connectivity index (χ0) is 14.4. The fourth-order valence-electron chi connectivity index (χ4n) is 2.86. The lowest BCUT2D eigenvalue weighted by Gasteiger charge is -2.16. The van der Waals surface area contributed by atoms with Gasteiger partial charge in [-0.3, -0.25) is 0 Å². The van der Waals surface area contributed by atoms with Gasteiger partial charge >= 0.3 is 6.61 Å². The van der Waals surface area contributed by atoms with E-state index in [0.29, 0.717) is 0 Å². The van der Waals surface area contributed by atoms with Crippen LogP contribution in [0.3, 0.4) is 0 Å². The Hall–Kier alpha value is -1.16. The smallest absolute Gasteiger partial charge is 0.387 e. The van der Waals surface area contributed by atoms with Gasteiger partial charge in [-0.25, -0.2) is 0 Å². The summed E-state index contributed by atoms with van der Waals surface area (Å²) in [7, 11) is 0. The normalized spacial score (nSPS) is 17.6. The number of ether oxygens (including phenoxy) is 1. The molecule has 1 fully saturated rings.